The van der Waals surface area contributed by atoms with Crippen LogP contribution in [0.3, 0.4) is 0 Å². The van der Waals surface area contributed by atoms with Crippen molar-refractivity contribution in [3.05, 3.63) is 51.9 Å². The summed E-state index contributed by atoms with van der Waals surface area (Å²) in [6, 6.07) is 7.96. The number of carbonyl (C=O) groups is 2. The van der Waals surface area contributed by atoms with Gasteiger partial charge in [-0.05, 0) is 46.6 Å². The Kier molecular flexibility index (Phi) is 3.71. The van der Waals surface area contributed by atoms with E-state index in [0.29, 0.717) is 10.2 Å². The van der Waals surface area contributed by atoms with Crippen LogP contribution in [0.4, 0.5) is 5.69 Å². The molecule has 19 heavy (non-hydrogen) atoms. The number of hydrogen-bond acceptors (Lipinski definition) is 3. The Bertz CT molecular complexity index is 648. The highest BCUT2D eigenvalue weighted by Crippen LogP contribution is 2.21. The number of carboxylic acids is 1. The molecule has 1 aromatic heterocycles. The number of carboxylic acid groups (broad SMARTS) is 1. The molecule has 0 aliphatic rings. The van der Waals surface area contributed by atoms with Crippen molar-refractivity contribution < 1.29 is 19.1 Å². The first-order chi connectivity index (χ1) is 8.99. The summed E-state index contributed by atoms with van der Waals surface area (Å²) in [5.41, 5.74) is 0.886. The first kappa shape index (κ1) is 13.4. The summed E-state index contributed by atoms with van der Waals surface area (Å²) in [7, 11) is 0. The fourth-order valence-corrected chi connectivity index (χ4v) is 1.98. The normalized spacial score (nSPS) is 10.2. The number of rotatable bonds is 3. The van der Waals surface area contributed by atoms with E-state index in [-0.39, 0.29) is 17.0 Å². The molecule has 0 aliphatic heterocycles. The summed E-state index contributed by atoms with van der Waals surface area (Å²) in [6.45, 7) is 1.67. The average Bonchev–Trinajstić information content (AvgIpc) is 2.75. The molecule has 0 atom stereocenters. The maximum Gasteiger partial charge on any atom is 0.338 e. The predicted octanol–water partition coefficient (Wildman–Crippen LogP) is 3.30. The Morgan fingerprint density at radius 2 is 2.00 bits per heavy atom. The van der Waals surface area contributed by atoms with Crippen molar-refractivity contribution in [2.75, 3.05) is 5.32 Å². The number of aryl methyl sites for hydroxylation is 1. The quantitative estimate of drug-likeness (QED) is 0.908. The maximum absolute atomic E-state index is 11.9. The highest BCUT2D eigenvalue weighted by atomic mass is 79.9. The maximum atomic E-state index is 11.9. The second-order valence-electron chi connectivity index (χ2n) is 3.86. The molecule has 0 radical (unpaired) electrons. The molecule has 2 N–H and O–H groups in total. The minimum atomic E-state index is -1.09. The molecule has 1 amide bonds. The molecule has 0 bridgehead atoms. The molecule has 0 spiro atoms. The van der Waals surface area contributed by atoms with Crippen LogP contribution in [0.1, 0.15) is 26.5 Å². The lowest BCUT2D eigenvalue weighted by Gasteiger charge is -2.09. The van der Waals surface area contributed by atoms with Crippen LogP contribution in [0.2, 0.25) is 0 Å². The zero-order valence-electron chi connectivity index (χ0n) is 9.94. The van der Waals surface area contributed by atoms with E-state index in [1.165, 1.54) is 12.1 Å². The van der Waals surface area contributed by atoms with E-state index in [0.717, 1.165) is 0 Å². The Labute approximate surface area is 117 Å². The average molecular weight is 324 g/mol. The number of anilines is 1. The number of amides is 1. The van der Waals surface area contributed by atoms with E-state index < -0.39 is 11.9 Å². The van der Waals surface area contributed by atoms with E-state index in [1.54, 1.807) is 25.1 Å². The number of benzene rings is 1. The van der Waals surface area contributed by atoms with Crippen molar-refractivity contribution in [2.45, 2.75) is 6.92 Å². The van der Waals surface area contributed by atoms with Crippen molar-refractivity contribution in [3.63, 3.8) is 0 Å². The van der Waals surface area contributed by atoms with E-state index >= 15 is 0 Å². The zero-order valence-corrected chi connectivity index (χ0v) is 11.5. The summed E-state index contributed by atoms with van der Waals surface area (Å²) in [6.07, 6.45) is 0. The molecular formula is C13H10BrNO4. The van der Waals surface area contributed by atoms with Crippen LogP contribution in [0, 0.1) is 6.92 Å². The molecule has 0 fully saturated rings. The SMILES string of the molecule is Cc1cccc(NC(=O)c2ccc(Br)o2)c1C(=O)O. The summed E-state index contributed by atoms with van der Waals surface area (Å²) in [5, 5.41) is 11.7. The molecule has 2 rings (SSSR count). The van der Waals surface area contributed by atoms with Crippen LogP contribution >= 0.6 is 15.9 Å². The number of furan rings is 1. The zero-order chi connectivity index (χ0) is 14.0. The van der Waals surface area contributed by atoms with E-state index in [9.17, 15) is 9.59 Å². The van der Waals surface area contributed by atoms with Gasteiger partial charge in [-0.1, -0.05) is 12.1 Å². The van der Waals surface area contributed by atoms with Gasteiger partial charge in [0.2, 0.25) is 0 Å². The first-order valence-corrected chi connectivity index (χ1v) is 6.18. The van der Waals surface area contributed by atoms with Crippen molar-refractivity contribution in [3.8, 4) is 0 Å². The highest BCUT2D eigenvalue weighted by molar-refractivity contribution is 9.10. The largest absolute Gasteiger partial charge is 0.478 e. The van der Waals surface area contributed by atoms with Crippen LogP contribution in [-0.4, -0.2) is 17.0 Å². The second kappa shape index (κ2) is 5.27. The Morgan fingerprint density at radius 1 is 1.26 bits per heavy atom. The number of hydrogen-bond donors (Lipinski definition) is 2. The van der Waals surface area contributed by atoms with Gasteiger partial charge in [-0.2, -0.15) is 0 Å². The summed E-state index contributed by atoms with van der Waals surface area (Å²) in [5.74, 6) is -1.49. The van der Waals surface area contributed by atoms with Crippen LogP contribution in [-0.2, 0) is 0 Å². The molecule has 0 saturated carbocycles. The van der Waals surface area contributed by atoms with Crippen molar-refractivity contribution in [2.24, 2.45) is 0 Å². The van der Waals surface area contributed by atoms with Crippen molar-refractivity contribution in [1.82, 2.24) is 0 Å². The molecule has 1 heterocycles. The van der Waals surface area contributed by atoms with Gasteiger partial charge in [0.25, 0.3) is 5.91 Å². The van der Waals surface area contributed by atoms with Gasteiger partial charge >= 0.3 is 5.97 Å². The van der Waals surface area contributed by atoms with E-state index in [2.05, 4.69) is 21.2 Å². The van der Waals surface area contributed by atoms with Gasteiger partial charge in [-0.3, -0.25) is 4.79 Å². The molecular weight excluding hydrogens is 314 g/mol. The van der Waals surface area contributed by atoms with E-state index in [1.807, 2.05) is 0 Å². The van der Waals surface area contributed by atoms with Gasteiger partial charge in [0.1, 0.15) is 0 Å². The third-order valence-corrected chi connectivity index (χ3v) is 2.96. The Balaban J connectivity index is 2.31. The minimum absolute atomic E-state index is 0.0708. The Morgan fingerprint density at radius 3 is 2.58 bits per heavy atom. The summed E-state index contributed by atoms with van der Waals surface area (Å²) in [4.78, 5) is 23.1. The van der Waals surface area contributed by atoms with Crippen LogP contribution in [0.25, 0.3) is 0 Å². The molecule has 1 aromatic carbocycles. The molecule has 5 nitrogen and oxygen atoms in total. The number of aromatic carboxylic acids is 1. The monoisotopic (exact) mass is 323 g/mol. The molecule has 0 unspecified atom stereocenters. The van der Waals surface area contributed by atoms with Crippen LogP contribution in [0.5, 0.6) is 0 Å². The minimum Gasteiger partial charge on any atom is -0.478 e. The van der Waals surface area contributed by atoms with Crippen LogP contribution in [0.15, 0.2) is 39.4 Å². The Hall–Kier alpha value is -2.08. The smallest absolute Gasteiger partial charge is 0.338 e. The lowest BCUT2D eigenvalue weighted by molar-refractivity contribution is 0.0697. The fraction of sp³-hybridized carbons (Fsp3) is 0.0769. The third-order valence-electron chi connectivity index (χ3n) is 2.53. The van der Waals surface area contributed by atoms with Gasteiger partial charge < -0.3 is 14.8 Å². The van der Waals surface area contributed by atoms with Gasteiger partial charge in [-0.25, -0.2) is 4.79 Å². The fourth-order valence-electron chi connectivity index (χ4n) is 1.68. The topological polar surface area (TPSA) is 79.5 Å². The standard InChI is InChI=1S/C13H10BrNO4/c1-7-3-2-4-8(11(7)13(17)18)15-12(16)9-5-6-10(14)19-9/h2-6H,1H3,(H,15,16)(H,17,18). The number of nitrogens with one attached hydrogen (secondary N) is 1. The second-order valence-corrected chi connectivity index (χ2v) is 4.64. The van der Waals surface area contributed by atoms with Crippen molar-refractivity contribution >= 4 is 33.5 Å². The number of carbonyl (C=O) groups excluding carboxylic acids is 1. The lowest BCUT2D eigenvalue weighted by atomic mass is 10.1. The van der Waals surface area contributed by atoms with Gasteiger partial charge in [0, 0.05) is 0 Å². The third kappa shape index (κ3) is 2.85. The molecule has 0 aliphatic carbocycles. The lowest BCUT2D eigenvalue weighted by Crippen LogP contribution is -2.14. The van der Waals surface area contributed by atoms with E-state index in [4.69, 9.17) is 9.52 Å². The highest BCUT2D eigenvalue weighted by Gasteiger charge is 2.17. The predicted molar refractivity (Wildman–Crippen MR) is 72.5 cm³/mol. The molecule has 2 aromatic rings. The number of halogens is 1. The first-order valence-electron chi connectivity index (χ1n) is 5.38. The van der Waals surface area contributed by atoms with Gasteiger partial charge in [0.15, 0.2) is 10.4 Å². The van der Waals surface area contributed by atoms with Gasteiger partial charge in [-0.15, -0.1) is 0 Å². The molecule has 0 saturated heterocycles. The molecule has 6 heteroatoms. The summed E-state index contributed by atoms with van der Waals surface area (Å²) < 4.78 is 5.54. The summed E-state index contributed by atoms with van der Waals surface area (Å²) >= 11 is 3.09. The van der Waals surface area contributed by atoms with Crippen LogP contribution < -0.4 is 5.32 Å². The van der Waals surface area contributed by atoms with Gasteiger partial charge in [0.05, 0.1) is 11.3 Å². The van der Waals surface area contributed by atoms with Crippen molar-refractivity contribution in [1.29, 1.82) is 0 Å². The molecule has 98 valence electrons.